The number of carbonyl (C=O) groups is 1. The van der Waals surface area contributed by atoms with E-state index < -0.39 is 0 Å². The summed E-state index contributed by atoms with van der Waals surface area (Å²) in [5.74, 6) is -0.198. The van der Waals surface area contributed by atoms with Crippen LogP contribution < -0.4 is 11.0 Å². The van der Waals surface area contributed by atoms with Crippen LogP contribution in [0.25, 0.3) is 11.0 Å². The van der Waals surface area contributed by atoms with E-state index >= 15 is 0 Å². The number of nitrogens with zero attached hydrogens (tertiary/aromatic N) is 2. The number of aromatic nitrogens is 2. The fourth-order valence-electron chi connectivity index (χ4n) is 3.29. The molecule has 0 fully saturated rings. The molecule has 0 radical (unpaired) electrons. The van der Waals surface area contributed by atoms with Crippen LogP contribution in [0.5, 0.6) is 0 Å². The van der Waals surface area contributed by atoms with Gasteiger partial charge in [-0.2, -0.15) is 0 Å². The Kier molecular flexibility index (Phi) is 4.64. The van der Waals surface area contributed by atoms with Gasteiger partial charge in [-0.15, -0.1) is 11.3 Å². The number of rotatable bonds is 5. The molecule has 1 atom stereocenters. The summed E-state index contributed by atoms with van der Waals surface area (Å²) >= 11 is 1.60. The predicted octanol–water partition coefficient (Wildman–Crippen LogP) is 3.31. The minimum absolute atomic E-state index is 0.0190. The summed E-state index contributed by atoms with van der Waals surface area (Å²) in [6.45, 7) is -0.0190. The number of hydrogen-bond acceptors (Lipinski definition) is 3. The fraction of sp³-hybridized carbons (Fsp3) is 0.143. The lowest BCUT2D eigenvalue weighted by Crippen LogP contribution is -2.35. The molecule has 0 aliphatic carbocycles. The highest BCUT2D eigenvalue weighted by Gasteiger charge is 2.19. The van der Waals surface area contributed by atoms with E-state index in [1.165, 1.54) is 4.57 Å². The molecule has 4 aromatic rings. The first kappa shape index (κ1) is 17.3. The predicted molar refractivity (Wildman–Crippen MR) is 108 cm³/mol. The van der Waals surface area contributed by atoms with E-state index in [0.29, 0.717) is 0 Å². The number of fused-ring (bicyclic) bond motifs is 1. The maximum absolute atomic E-state index is 12.8. The van der Waals surface area contributed by atoms with E-state index in [9.17, 15) is 9.59 Å². The van der Waals surface area contributed by atoms with Gasteiger partial charge in [-0.05, 0) is 29.1 Å². The molecular formula is C21H19N3O2S. The maximum Gasteiger partial charge on any atom is 0.329 e. The van der Waals surface area contributed by atoms with Crippen molar-refractivity contribution in [3.8, 4) is 0 Å². The van der Waals surface area contributed by atoms with E-state index in [-0.39, 0.29) is 24.2 Å². The monoisotopic (exact) mass is 377 g/mol. The van der Waals surface area contributed by atoms with Gasteiger partial charge in [0.1, 0.15) is 6.54 Å². The number of thiophene rings is 1. The molecule has 0 bridgehead atoms. The highest BCUT2D eigenvalue weighted by Crippen LogP contribution is 2.26. The van der Waals surface area contributed by atoms with Gasteiger partial charge < -0.3 is 5.32 Å². The van der Waals surface area contributed by atoms with Gasteiger partial charge in [0.2, 0.25) is 5.91 Å². The molecule has 5 nitrogen and oxygen atoms in total. The first-order valence-electron chi connectivity index (χ1n) is 8.67. The molecule has 4 rings (SSSR count). The van der Waals surface area contributed by atoms with Crippen LogP contribution in [0.2, 0.25) is 0 Å². The van der Waals surface area contributed by atoms with Crippen molar-refractivity contribution in [2.24, 2.45) is 7.05 Å². The standard InChI is InChI=1S/C21H19N3O2S/c1-23-16-10-5-6-11-17(16)24(21(23)26)14-19(25)22-20(18-12-7-13-27-18)15-8-3-2-4-9-15/h2-13,20H,14H2,1H3,(H,22,25). The summed E-state index contributed by atoms with van der Waals surface area (Å²) in [5, 5.41) is 5.08. The Hall–Kier alpha value is -3.12. The van der Waals surface area contributed by atoms with Crippen molar-refractivity contribution in [3.05, 3.63) is 93.0 Å². The normalized spacial score (nSPS) is 12.2. The Balaban J connectivity index is 1.64. The number of imidazole rings is 1. The molecule has 136 valence electrons. The summed E-state index contributed by atoms with van der Waals surface area (Å²) in [4.78, 5) is 26.4. The third kappa shape index (κ3) is 3.31. The number of hydrogen-bond donors (Lipinski definition) is 1. The van der Waals surface area contributed by atoms with Crippen LogP contribution in [0.3, 0.4) is 0 Å². The number of benzene rings is 2. The Morgan fingerprint density at radius 1 is 1.00 bits per heavy atom. The third-order valence-electron chi connectivity index (χ3n) is 4.62. The van der Waals surface area contributed by atoms with Gasteiger partial charge in [-0.3, -0.25) is 13.9 Å². The van der Waals surface area contributed by atoms with Crippen molar-refractivity contribution >= 4 is 28.3 Å². The van der Waals surface area contributed by atoms with Gasteiger partial charge >= 0.3 is 5.69 Å². The average molecular weight is 377 g/mol. The molecule has 2 heterocycles. The summed E-state index contributed by atoms with van der Waals surface area (Å²) in [5.41, 5.74) is 2.39. The first-order chi connectivity index (χ1) is 13.1. The van der Waals surface area contributed by atoms with Crippen LogP contribution >= 0.6 is 11.3 Å². The molecule has 6 heteroatoms. The topological polar surface area (TPSA) is 56.0 Å². The van der Waals surface area contributed by atoms with Crippen LogP contribution in [0.4, 0.5) is 0 Å². The van der Waals surface area contributed by atoms with Gasteiger partial charge in [0, 0.05) is 11.9 Å². The molecule has 0 spiro atoms. The molecule has 0 saturated carbocycles. The molecule has 1 unspecified atom stereocenters. The highest BCUT2D eigenvalue weighted by molar-refractivity contribution is 7.10. The van der Waals surface area contributed by atoms with Crippen LogP contribution in [0.1, 0.15) is 16.5 Å². The molecule has 27 heavy (non-hydrogen) atoms. The lowest BCUT2D eigenvalue weighted by molar-refractivity contribution is -0.122. The largest absolute Gasteiger partial charge is 0.343 e. The van der Waals surface area contributed by atoms with E-state index in [1.54, 1.807) is 23.0 Å². The van der Waals surface area contributed by atoms with Crippen molar-refractivity contribution in [2.75, 3.05) is 0 Å². The lowest BCUT2D eigenvalue weighted by atomic mass is 10.1. The summed E-state index contributed by atoms with van der Waals surface area (Å²) < 4.78 is 3.08. The van der Waals surface area contributed by atoms with E-state index in [2.05, 4.69) is 5.32 Å². The molecule has 0 aliphatic rings. The number of carbonyl (C=O) groups excluding carboxylic acids is 1. The van der Waals surface area contributed by atoms with Gasteiger partial charge in [-0.1, -0.05) is 48.5 Å². The molecular weight excluding hydrogens is 358 g/mol. The van der Waals surface area contributed by atoms with Gasteiger partial charge in [0.25, 0.3) is 0 Å². The summed E-state index contributed by atoms with van der Waals surface area (Å²) in [6.07, 6.45) is 0. The van der Waals surface area contributed by atoms with Crippen LogP contribution in [0.15, 0.2) is 76.9 Å². The van der Waals surface area contributed by atoms with Crippen molar-refractivity contribution in [1.29, 1.82) is 0 Å². The summed E-state index contributed by atoms with van der Waals surface area (Å²) in [7, 11) is 1.72. The maximum atomic E-state index is 12.8. The Labute approximate surface area is 160 Å². The number of para-hydroxylation sites is 2. The molecule has 2 aromatic carbocycles. The van der Waals surface area contributed by atoms with E-state index in [4.69, 9.17) is 0 Å². The van der Waals surface area contributed by atoms with Gasteiger partial charge in [-0.25, -0.2) is 4.79 Å². The fourth-order valence-corrected chi connectivity index (χ4v) is 4.09. The van der Waals surface area contributed by atoms with Gasteiger partial charge in [0.05, 0.1) is 17.1 Å². The second-order valence-electron chi connectivity index (χ2n) is 6.34. The van der Waals surface area contributed by atoms with E-state index in [0.717, 1.165) is 21.5 Å². The zero-order chi connectivity index (χ0) is 18.8. The van der Waals surface area contributed by atoms with Crippen molar-refractivity contribution < 1.29 is 4.79 Å². The third-order valence-corrected chi connectivity index (χ3v) is 5.56. The zero-order valence-corrected chi connectivity index (χ0v) is 15.6. The zero-order valence-electron chi connectivity index (χ0n) is 14.8. The smallest absolute Gasteiger partial charge is 0.329 e. The minimum Gasteiger partial charge on any atom is -0.343 e. The lowest BCUT2D eigenvalue weighted by Gasteiger charge is -2.18. The van der Waals surface area contributed by atoms with Crippen molar-refractivity contribution in [1.82, 2.24) is 14.5 Å². The summed E-state index contributed by atoms with van der Waals surface area (Å²) in [6, 6.07) is 21.1. The van der Waals surface area contributed by atoms with Crippen LogP contribution in [-0.4, -0.2) is 15.0 Å². The molecule has 0 aliphatic heterocycles. The second kappa shape index (κ2) is 7.25. The van der Waals surface area contributed by atoms with Crippen LogP contribution in [-0.2, 0) is 18.4 Å². The SMILES string of the molecule is Cn1c(=O)n(CC(=O)NC(c2ccccc2)c2cccs2)c2ccccc21. The highest BCUT2D eigenvalue weighted by atomic mass is 32.1. The Morgan fingerprint density at radius 3 is 2.41 bits per heavy atom. The minimum atomic E-state index is -0.232. The molecule has 1 N–H and O–H groups in total. The Morgan fingerprint density at radius 2 is 1.70 bits per heavy atom. The Bertz CT molecular complexity index is 1130. The molecule has 0 saturated heterocycles. The quantitative estimate of drug-likeness (QED) is 0.580. The number of nitrogens with one attached hydrogen (secondary N) is 1. The molecule has 2 aromatic heterocycles. The van der Waals surface area contributed by atoms with Gasteiger partial charge in [0.15, 0.2) is 0 Å². The second-order valence-corrected chi connectivity index (χ2v) is 7.32. The van der Waals surface area contributed by atoms with E-state index in [1.807, 2.05) is 72.1 Å². The number of aryl methyl sites for hydroxylation is 1. The average Bonchev–Trinajstić information content (AvgIpc) is 3.31. The molecule has 1 amide bonds. The van der Waals surface area contributed by atoms with Crippen molar-refractivity contribution in [2.45, 2.75) is 12.6 Å². The number of amides is 1. The first-order valence-corrected chi connectivity index (χ1v) is 9.55. The van der Waals surface area contributed by atoms with Crippen LogP contribution in [0, 0.1) is 0 Å². The van der Waals surface area contributed by atoms with Crippen molar-refractivity contribution in [3.63, 3.8) is 0 Å².